The summed E-state index contributed by atoms with van der Waals surface area (Å²) in [6, 6.07) is 11.6. The van der Waals surface area contributed by atoms with Crippen molar-refractivity contribution >= 4 is 34.8 Å². The summed E-state index contributed by atoms with van der Waals surface area (Å²) < 4.78 is 29.3. The molecule has 0 radical (unpaired) electrons. The Kier molecular flexibility index (Phi) is 5.68. The molecular weight excluding hydrogens is 341 g/mol. The lowest BCUT2D eigenvalue weighted by atomic mass is 10.0. The molecule has 112 valence electrons. The molecule has 6 heteroatoms. The van der Waals surface area contributed by atoms with Crippen LogP contribution in [0.15, 0.2) is 42.5 Å². The van der Waals surface area contributed by atoms with Crippen LogP contribution in [0.2, 0.25) is 10.0 Å². The van der Waals surface area contributed by atoms with Crippen LogP contribution in [0.4, 0.5) is 8.78 Å². The van der Waals surface area contributed by atoms with E-state index in [1.54, 1.807) is 36.4 Å². The third-order valence-electron chi connectivity index (χ3n) is 2.87. The maximum absolute atomic E-state index is 12.4. The largest absolute Gasteiger partial charge is 0.434 e. The molecule has 2 aromatic rings. The van der Waals surface area contributed by atoms with Crippen LogP contribution in [0, 0.1) is 0 Å². The Balaban J connectivity index is 2.19. The molecule has 1 unspecified atom stereocenters. The Morgan fingerprint density at radius 3 is 2.38 bits per heavy atom. The van der Waals surface area contributed by atoms with Gasteiger partial charge in [0.2, 0.25) is 0 Å². The first-order valence-corrected chi connectivity index (χ1v) is 7.28. The first-order valence-electron chi connectivity index (χ1n) is 6.09. The molecule has 2 rings (SSSR count). The first kappa shape index (κ1) is 16.3. The number of para-hydroxylation sites is 1. The molecule has 0 fully saturated rings. The fraction of sp³-hybridized carbons (Fsp3) is 0.200. The van der Waals surface area contributed by atoms with E-state index in [-0.39, 0.29) is 5.75 Å². The lowest BCUT2D eigenvalue weighted by molar-refractivity contribution is -0.0504. The van der Waals surface area contributed by atoms with Gasteiger partial charge >= 0.3 is 6.61 Å². The molecule has 0 aromatic heterocycles. The minimum absolute atomic E-state index is 0.0764. The highest BCUT2D eigenvalue weighted by Crippen LogP contribution is 2.34. The summed E-state index contributed by atoms with van der Waals surface area (Å²) in [5, 5.41) is 0.361. The van der Waals surface area contributed by atoms with Gasteiger partial charge in [0.05, 0.1) is 15.4 Å². The summed E-state index contributed by atoms with van der Waals surface area (Å²) in [6.45, 7) is -2.89. The van der Waals surface area contributed by atoms with Crippen molar-refractivity contribution in [2.45, 2.75) is 18.4 Å². The van der Waals surface area contributed by atoms with Gasteiger partial charge < -0.3 is 4.74 Å². The Labute approximate surface area is 136 Å². The van der Waals surface area contributed by atoms with Crippen molar-refractivity contribution < 1.29 is 13.5 Å². The second-order valence-corrected chi connectivity index (χ2v) is 5.68. The lowest BCUT2D eigenvalue weighted by Gasteiger charge is -2.15. The normalized spacial score (nSPS) is 12.5. The molecule has 0 heterocycles. The van der Waals surface area contributed by atoms with Crippen LogP contribution < -0.4 is 4.74 Å². The molecule has 0 aliphatic carbocycles. The molecule has 2 aromatic carbocycles. The van der Waals surface area contributed by atoms with Crippen LogP contribution in [-0.4, -0.2) is 6.61 Å². The van der Waals surface area contributed by atoms with E-state index in [0.29, 0.717) is 22.0 Å². The summed E-state index contributed by atoms with van der Waals surface area (Å²) in [6.07, 6.45) is 0.419. The molecule has 0 N–H and O–H groups in total. The van der Waals surface area contributed by atoms with Gasteiger partial charge in [0, 0.05) is 5.56 Å². The molecule has 0 spiro atoms. The van der Waals surface area contributed by atoms with Crippen molar-refractivity contribution in [1.29, 1.82) is 0 Å². The van der Waals surface area contributed by atoms with E-state index in [9.17, 15) is 8.78 Å². The summed E-state index contributed by atoms with van der Waals surface area (Å²) in [7, 11) is 0. The Morgan fingerprint density at radius 1 is 1.00 bits per heavy atom. The molecular formula is C15H11Cl3F2O. The van der Waals surface area contributed by atoms with Gasteiger partial charge in [-0.3, -0.25) is 0 Å². The molecule has 21 heavy (non-hydrogen) atoms. The van der Waals surface area contributed by atoms with Crippen LogP contribution in [0.25, 0.3) is 0 Å². The highest BCUT2D eigenvalue weighted by molar-refractivity contribution is 6.42. The molecule has 0 amide bonds. The van der Waals surface area contributed by atoms with E-state index >= 15 is 0 Å². The first-order chi connectivity index (χ1) is 9.97. The SMILES string of the molecule is FC(F)Oc1ccccc1C(Cl)Cc1ccc(Cl)c(Cl)c1. The van der Waals surface area contributed by atoms with E-state index in [1.807, 2.05) is 0 Å². The maximum Gasteiger partial charge on any atom is 0.387 e. The van der Waals surface area contributed by atoms with Crippen molar-refractivity contribution in [3.63, 3.8) is 0 Å². The monoisotopic (exact) mass is 350 g/mol. The van der Waals surface area contributed by atoms with Gasteiger partial charge in [-0.1, -0.05) is 47.5 Å². The highest BCUT2D eigenvalue weighted by Gasteiger charge is 2.17. The minimum atomic E-state index is -2.89. The van der Waals surface area contributed by atoms with Crippen LogP contribution in [0.3, 0.4) is 0 Å². The molecule has 0 aliphatic heterocycles. The number of hydrogen-bond donors (Lipinski definition) is 0. The van der Waals surface area contributed by atoms with Crippen molar-refractivity contribution in [1.82, 2.24) is 0 Å². The van der Waals surface area contributed by atoms with Crippen molar-refractivity contribution in [2.75, 3.05) is 0 Å². The second kappa shape index (κ2) is 7.30. The number of ether oxygens (including phenoxy) is 1. The summed E-state index contributed by atoms with van der Waals surface area (Å²) in [5.41, 5.74) is 1.36. The van der Waals surface area contributed by atoms with E-state index in [1.165, 1.54) is 6.07 Å². The van der Waals surface area contributed by atoms with Gasteiger partial charge in [-0.2, -0.15) is 8.78 Å². The van der Waals surface area contributed by atoms with E-state index in [2.05, 4.69) is 4.74 Å². The van der Waals surface area contributed by atoms with E-state index in [0.717, 1.165) is 5.56 Å². The minimum Gasteiger partial charge on any atom is -0.434 e. The zero-order chi connectivity index (χ0) is 15.4. The van der Waals surface area contributed by atoms with Crippen molar-refractivity contribution in [3.8, 4) is 5.75 Å². The standard InChI is InChI=1S/C15H11Cl3F2O/c16-11-6-5-9(8-13(11)18)7-12(17)10-3-1-2-4-14(10)21-15(19)20/h1-6,8,12,15H,7H2. The topological polar surface area (TPSA) is 9.23 Å². The molecule has 0 bridgehead atoms. The smallest absolute Gasteiger partial charge is 0.387 e. The zero-order valence-electron chi connectivity index (χ0n) is 10.7. The van der Waals surface area contributed by atoms with Gasteiger partial charge in [-0.25, -0.2) is 0 Å². The lowest BCUT2D eigenvalue weighted by Crippen LogP contribution is -2.06. The van der Waals surface area contributed by atoms with Crippen molar-refractivity contribution in [3.05, 3.63) is 63.6 Å². The van der Waals surface area contributed by atoms with Gasteiger partial charge in [0.1, 0.15) is 5.75 Å². The number of hydrogen-bond acceptors (Lipinski definition) is 1. The highest BCUT2D eigenvalue weighted by atomic mass is 35.5. The summed E-state index contributed by atoms with van der Waals surface area (Å²) >= 11 is 18.1. The van der Waals surface area contributed by atoms with Crippen LogP contribution >= 0.6 is 34.8 Å². The molecule has 1 atom stereocenters. The molecule has 0 saturated heterocycles. The van der Waals surface area contributed by atoms with Crippen LogP contribution in [0.1, 0.15) is 16.5 Å². The van der Waals surface area contributed by atoms with E-state index < -0.39 is 12.0 Å². The maximum atomic E-state index is 12.4. The Morgan fingerprint density at radius 2 is 1.71 bits per heavy atom. The van der Waals surface area contributed by atoms with Gasteiger partial charge in [0.25, 0.3) is 0 Å². The number of halogens is 5. The molecule has 1 nitrogen and oxygen atoms in total. The summed E-state index contributed by atoms with van der Waals surface area (Å²) in [4.78, 5) is 0. The third-order valence-corrected chi connectivity index (χ3v) is 4.00. The van der Waals surface area contributed by atoms with Crippen LogP contribution in [0.5, 0.6) is 5.75 Å². The van der Waals surface area contributed by atoms with Gasteiger partial charge in [-0.15, -0.1) is 11.6 Å². The second-order valence-electron chi connectivity index (χ2n) is 4.34. The van der Waals surface area contributed by atoms with Gasteiger partial charge in [0.15, 0.2) is 0 Å². The third kappa shape index (κ3) is 4.47. The Hall–Kier alpha value is -1.03. The predicted molar refractivity (Wildman–Crippen MR) is 81.8 cm³/mol. The summed E-state index contributed by atoms with van der Waals surface area (Å²) in [5.74, 6) is 0.0764. The number of rotatable bonds is 5. The Bertz CT molecular complexity index is 620. The molecule has 0 saturated carbocycles. The quantitative estimate of drug-likeness (QED) is 0.590. The average molecular weight is 352 g/mol. The predicted octanol–water partition coefficient (Wildman–Crippen LogP) is 6.12. The zero-order valence-corrected chi connectivity index (χ0v) is 13.0. The fourth-order valence-electron chi connectivity index (χ4n) is 1.93. The van der Waals surface area contributed by atoms with Gasteiger partial charge in [-0.05, 0) is 30.2 Å². The fourth-order valence-corrected chi connectivity index (χ4v) is 2.61. The number of benzene rings is 2. The average Bonchev–Trinajstić information content (AvgIpc) is 2.43. The van der Waals surface area contributed by atoms with Crippen LogP contribution in [-0.2, 0) is 6.42 Å². The number of alkyl halides is 3. The van der Waals surface area contributed by atoms with E-state index in [4.69, 9.17) is 34.8 Å². The van der Waals surface area contributed by atoms with Crippen molar-refractivity contribution in [2.24, 2.45) is 0 Å². The molecule has 0 aliphatic rings.